The maximum atomic E-state index is 10.6. The fourth-order valence-electron chi connectivity index (χ4n) is 3.87. The van der Waals surface area contributed by atoms with Crippen molar-refractivity contribution < 1.29 is 15.0 Å². The van der Waals surface area contributed by atoms with Gasteiger partial charge in [0.15, 0.2) is 0 Å². The first-order valence-electron chi connectivity index (χ1n) is 12.9. The molecule has 0 bridgehead atoms. The first kappa shape index (κ1) is 29.5. The Kier molecular flexibility index (Phi) is 22.8. The van der Waals surface area contributed by atoms with Gasteiger partial charge >= 0.3 is 0 Å². The van der Waals surface area contributed by atoms with Crippen LogP contribution in [0.15, 0.2) is 0 Å². The zero-order valence-electron chi connectivity index (χ0n) is 20.0. The molecule has 0 spiro atoms. The van der Waals surface area contributed by atoms with Gasteiger partial charge in [-0.05, 0) is 32.2 Å². The minimum Gasteiger partial charge on any atom is -0.393 e. The molecule has 0 aromatic carbocycles. The van der Waals surface area contributed by atoms with Crippen molar-refractivity contribution in [2.75, 3.05) is 13.1 Å². The number of aliphatic hydroxyl groups is 2. The minimum atomic E-state index is -0.697. The standard InChI is InChI=1S/C25H52N2O3/c1-3-5-7-8-9-10-11-12-13-18-24(29)21-25(30)27-23(17-14-16-20-28)22-26-19-15-6-4-2/h20,23-27,29-30H,3-19,21-22H2,1-2H3/t23?,24-,25?/m1/s1. The van der Waals surface area contributed by atoms with Crippen molar-refractivity contribution in [1.29, 1.82) is 0 Å². The third kappa shape index (κ3) is 20.8. The lowest BCUT2D eigenvalue weighted by molar-refractivity contribution is -0.107. The summed E-state index contributed by atoms with van der Waals surface area (Å²) in [6.07, 6.45) is 18.2. The lowest BCUT2D eigenvalue weighted by atomic mass is 10.0. The normalized spacial score (nSPS) is 14.5. The van der Waals surface area contributed by atoms with Crippen LogP contribution in [0.5, 0.6) is 0 Å². The second kappa shape index (κ2) is 23.2. The molecule has 0 aliphatic heterocycles. The smallest absolute Gasteiger partial charge is 0.119 e. The largest absolute Gasteiger partial charge is 0.393 e. The Morgan fingerprint density at radius 3 is 2.00 bits per heavy atom. The fraction of sp³-hybridized carbons (Fsp3) is 0.960. The Bertz CT molecular complexity index is 355. The van der Waals surface area contributed by atoms with Gasteiger partial charge in [-0.25, -0.2) is 0 Å². The third-order valence-electron chi connectivity index (χ3n) is 5.79. The van der Waals surface area contributed by atoms with Crippen molar-refractivity contribution >= 4 is 6.29 Å². The number of unbranched alkanes of at least 4 members (excludes halogenated alkanes) is 11. The highest BCUT2D eigenvalue weighted by atomic mass is 16.3. The van der Waals surface area contributed by atoms with Gasteiger partial charge in [-0.3, -0.25) is 5.32 Å². The van der Waals surface area contributed by atoms with Crippen LogP contribution in [0.1, 0.15) is 123 Å². The van der Waals surface area contributed by atoms with Crippen LogP contribution in [0.2, 0.25) is 0 Å². The summed E-state index contributed by atoms with van der Waals surface area (Å²) in [6.45, 7) is 6.21. The molecule has 3 atom stereocenters. The molecule has 0 aliphatic rings. The summed E-state index contributed by atoms with van der Waals surface area (Å²) < 4.78 is 0. The number of carbonyl (C=O) groups is 1. The lowest BCUT2D eigenvalue weighted by Gasteiger charge is -2.24. The molecule has 0 aromatic rings. The molecule has 0 rings (SSSR count). The number of carbonyl (C=O) groups excluding carboxylic acids is 1. The number of hydrogen-bond acceptors (Lipinski definition) is 5. The van der Waals surface area contributed by atoms with Crippen molar-refractivity contribution in [3.8, 4) is 0 Å². The van der Waals surface area contributed by atoms with E-state index in [4.69, 9.17) is 0 Å². The van der Waals surface area contributed by atoms with Crippen LogP contribution in [-0.2, 0) is 4.79 Å². The Labute approximate surface area is 186 Å². The number of aldehydes is 1. The van der Waals surface area contributed by atoms with Gasteiger partial charge in [0.05, 0.1) is 6.10 Å². The second-order valence-electron chi connectivity index (χ2n) is 8.89. The van der Waals surface area contributed by atoms with Crippen molar-refractivity contribution in [1.82, 2.24) is 10.6 Å². The summed E-state index contributed by atoms with van der Waals surface area (Å²) in [6, 6.07) is 0.126. The summed E-state index contributed by atoms with van der Waals surface area (Å²) in [5.41, 5.74) is 0. The van der Waals surface area contributed by atoms with Gasteiger partial charge in [0.25, 0.3) is 0 Å². The van der Waals surface area contributed by atoms with Gasteiger partial charge in [-0.15, -0.1) is 0 Å². The van der Waals surface area contributed by atoms with Crippen LogP contribution in [0.4, 0.5) is 0 Å². The molecule has 0 fully saturated rings. The monoisotopic (exact) mass is 428 g/mol. The molecule has 0 aliphatic carbocycles. The summed E-state index contributed by atoms with van der Waals surface area (Å²) in [5, 5.41) is 27.3. The quantitative estimate of drug-likeness (QED) is 0.0978. The molecule has 0 amide bonds. The number of rotatable bonds is 24. The van der Waals surface area contributed by atoms with Crippen molar-refractivity contribution in [3.05, 3.63) is 0 Å². The first-order valence-corrected chi connectivity index (χ1v) is 12.9. The number of nitrogens with one attached hydrogen (secondary N) is 2. The molecule has 0 saturated carbocycles. The predicted octanol–water partition coefficient (Wildman–Crippen LogP) is 5.08. The molecule has 5 nitrogen and oxygen atoms in total. The van der Waals surface area contributed by atoms with E-state index in [1.165, 1.54) is 64.2 Å². The average molecular weight is 429 g/mol. The third-order valence-corrected chi connectivity index (χ3v) is 5.79. The molecule has 2 unspecified atom stereocenters. The highest BCUT2D eigenvalue weighted by Crippen LogP contribution is 2.13. The van der Waals surface area contributed by atoms with Crippen LogP contribution in [-0.4, -0.2) is 48.0 Å². The predicted molar refractivity (Wildman–Crippen MR) is 128 cm³/mol. The van der Waals surface area contributed by atoms with Crippen LogP contribution in [0, 0.1) is 0 Å². The summed E-state index contributed by atoms with van der Waals surface area (Å²) >= 11 is 0. The minimum absolute atomic E-state index is 0.126. The van der Waals surface area contributed by atoms with Gasteiger partial charge in [-0.1, -0.05) is 84.5 Å². The second-order valence-corrected chi connectivity index (χ2v) is 8.89. The lowest BCUT2D eigenvalue weighted by Crippen LogP contribution is -2.45. The zero-order valence-corrected chi connectivity index (χ0v) is 20.0. The molecule has 30 heavy (non-hydrogen) atoms. The van der Waals surface area contributed by atoms with E-state index in [1.807, 2.05) is 0 Å². The van der Waals surface area contributed by atoms with Crippen molar-refractivity contribution in [2.24, 2.45) is 0 Å². The molecule has 0 saturated heterocycles. The van der Waals surface area contributed by atoms with E-state index in [1.54, 1.807) is 0 Å². The fourth-order valence-corrected chi connectivity index (χ4v) is 3.87. The molecule has 5 heteroatoms. The van der Waals surface area contributed by atoms with E-state index < -0.39 is 12.3 Å². The maximum Gasteiger partial charge on any atom is 0.119 e. The molecular weight excluding hydrogens is 376 g/mol. The Balaban J connectivity index is 3.90. The van der Waals surface area contributed by atoms with Gasteiger partial charge in [-0.2, -0.15) is 0 Å². The molecule has 180 valence electrons. The summed E-state index contributed by atoms with van der Waals surface area (Å²) in [7, 11) is 0. The Morgan fingerprint density at radius 1 is 0.767 bits per heavy atom. The topological polar surface area (TPSA) is 81.6 Å². The summed E-state index contributed by atoms with van der Waals surface area (Å²) in [4.78, 5) is 10.6. The molecule has 0 heterocycles. The van der Waals surface area contributed by atoms with Crippen LogP contribution in [0.3, 0.4) is 0 Å². The molecule has 0 radical (unpaired) electrons. The first-order chi connectivity index (χ1) is 14.6. The van der Waals surface area contributed by atoms with E-state index in [9.17, 15) is 15.0 Å². The molecule has 4 N–H and O–H groups in total. The SMILES string of the molecule is CCCCCCCCCCC[C@@H](O)CC(O)NC(CCCC=O)CNCCCCC. The molecular formula is C25H52N2O3. The van der Waals surface area contributed by atoms with Gasteiger partial charge in [0.2, 0.25) is 0 Å². The highest BCUT2D eigenvalue weighted by Gasteiger charge is 2.16. The van der Waals surface area contributed by atoms with Gasteiger partial charge in [0, 0.05) is 25.4 Å². The van der Waals surface area contributed by atoms with Crippen LogP contribution < -0.4 is 10.6 Å². The van der Waals surface area contributed by atoms with Crippen molar-refractivity contribution in [3.63, 3.8) is 0 Å². The van der Waals surface area contributed by atoms with Crippen LogP contribution in [0.25, 0.3) is 0 Å². The number of hydrogen-bond donors (Lipinski definition) is 4. The number of aliphatic hydroxyl groups excluding tert-OH is 2. The van der Waals surface area contributed by atoms with Crippen LogP contribution >= 0.6 is 0 Å². The van der Waals surface area contributed by atoms with E-state index in [0.717, 1.165) is 51.5 Å². The average Bonchev–Trinajstić information content (AvgIpc) is 2.72. The Hall–Kier alpha value is -0.490. The van der Waals surface area contributed by atoms with E-state index >= 15 is 0 Å². The maximum absolute atomic E-state index is 10.6. The zero-order chi connectivity index (χ0) is 22.3. The van der Waals surface area contributed by atoms with E-state index in [-0.39, 0.29) is 6.04 Å². The molecule has 0 aromatic heterocycles. The van der Waals surface area contributed by atoms with E-state index in [2.05, 4.69) is 24.5 Å². The van der Waals surface area contributed by atoms with Gasteiger partial charge < -0.3 is 20.3 Å². The van der Waals surface area contributed by atoms with Gasteiger partial charge in [0.1, 0.15) is 12.5 Å². The van der Waals surface area contributed by atoms with E-state index in [0.29, 0.717) is 12.8 Å². The Morgan fingerprint density at radius 2 is 1.37 bits per heavy atom. The highest BCUT2D eigenvalue weighted by molar-refractivity contribution is 5.48. The summed E-state index contributed by atoms with van der Waals surface area (Å²) in [5.74, 6) is 0. The van der Waals surface area contributed by atoms with Crippen molar-refractivity contribution in [2.45, 2.75) is 141 Å².